The van der Waals surface area contributed by atoms with Crippen molar-refractivity contribution in [2.45, 2.75) is 32.2 Å². The quantitative estimate of drug-likeness (QED) is 0.495. The molecule has 2 fully saturated rings. The minimum Gasteiger partial charge on any atom is -0.333 e. The van der Waals surface area contributed by atoms with Crippen molar-refractivity contribution in [1.29, 1.82) is 5.41 Å². The summed E-state index contributed by atoms with van der Waals surface area (Å²) in [6.07, 6.45) is 9.15. The zero-order valence-corrected chi connectivity index (χ0v) is 13.9. The Morgan fingerprint density at radius 2 is 2.27 bits per heavy atom. The highest BCUT2D eigenvalue weighted by molar-refractivity contribution is 8.16. The molecule has 0 saturated carbocycles. The SMILES string of the molecule is C/C(=C\SC(=N)C1=CC=CCC1)C(=O)N1CCN2CCC1C2. The van der Waals surface area contributed by atoms with E-state index in [9.17, 15) is 4.79 Å². The Hall–Kier alpha value is -1.33. The van der Waals surface area contributed by atoms with Crippen LogP contribution >= 0.6 is 11.8 Å². The molecule has 2 heterocycles. The number of allylic oxidation sites excluding steroid dienone is 3. The van der Waals surface area contributed by atoms with E-state index in [2.05, 4.69) is 11.0 Å². The molecule has 2 saturated heterocycles. The summed E-state index contributed by atoms with van der Waals surface area (Å²) in [5.41, 5.74) is 1.82. The number of piperazine rings is 1. The van der Waals surface area contributed by atoms with Crippen LogP contribution in [-0.4, -0.2) is 53.0 Å². The molecule has 2 unspecified atom stereocenters. The lowest BCUT2D eigenvalue weighted by atomic mass is 10.1. The Morgan fingerprint density at radius 1 is 1.41 bits per heavy atom. The summed E-state index contributed by atoms with van der Waals surface area (Å²) < 4.78 is 0. The number of hydrogen-bond acceptors (Lipinski definition) is 4. The van der Waals surface area contributed by atoms with Gasteiger partial charge >= 0.3 is 0 Å². The molecule has 1 aliphatic carbocycles. The van der Waals surface area contributed by atoms with Gasteiger partial charge in [0.25, 0.3) is 0 Å². The average molecular weight is 317 g/mol. The first-order valence-electron chi connectivity index (χ1n) is 7.96. The smallest absolute Gasteiger partial charge is 0.250 e. The fourth-order valence-corrected chi connectivity index (χ4v) is 3.98. The third-order valence-electron chi connectivity index (χ3n) is 4.60. The van der Waals surface area contributed by atoms with Crippen LogP contribution in [0.1, 0.15) is 26.2 Å². The molecule has 2 atom stereocenters. The molecule has 3 aliphatic rings. The molecule has 1 N–H and O–H groups in total. The molecular formula is C17H23N3OS. The lowest BCUT2D eigenvalue weighted by Gasteiger charge is -2.34. The molecule has 0 aromatic rings. The predicted molar refractivity (Wildman–Crippen MR) is 92.1 cm³/mol. The molecule has 0 radical (unpaired) electrons. The molecule has 3 rings (SSSR count). The third-order valence-corrected chi connectivity index (χ3v) is 5.57. The van der Waals surface area contributed by atoms with Gasteiger partial charge in [0.1, 0.15) is 0 Å². The van der Waals surface area contributed by atoms with Crippen molar-refractivity contribution in [3.63, 3.8) is 0 Å². The molecule has 1 amide bonds. The van der Waals surface area contributed by atoms with Crippen LogP contribution in [0.15, 0.2) is 34.8 Å². The molecule has 0 spiro atoms. The Morgan fingerprint density at radius 3 is 3.05 bits per heavy atom. The normalized spacial score (nSPS) is 27.8. The van der Waals surface area contributed by atoms with E-state index in [1.807, 2.05) is 29.4 Å². The monoisotopic (exact) mass is 317 g/mol. The van der Waals surface area contributed by atoms with Crippen molar-refractivity contribution in [3.05, 3.63) is 34.8 Å². The Bertz CT molecular complexity index is 564. The molecule has 5 heteroatoms. The van der Waals surface area contributed by atoms with Gasteiger partial charge in [0.05, 0.1) is 5.04 Å². The Labute approximate surface area is 136 Å². The molecule has 2 bridgehead atoms. The van der Waals surface area contributed by atoms with E-state index in [0.29, 0.717) is 11.1 Å². The number of fused-ring (bicyclic) bond motifs is 2. The standard InChI is InChI=1S/C17H23N3OS/c1-13(12-22-16(18)14-5-3-2-4-6-14)17(21)20-10-9-19-8-7-15(20)11-19/h2-3,5,12,15,18H,4,6-11H2,1H3/b13-12+,18-16?. The van der Waals surface area contributed by atoms with Gasteiger partial charge in [0.2, 0.25) is 5.91 Å². The molecule has 0 aromatic carbocycles. The van der Waals surface area contributed by atoms with Gasteiger partial charge in [-0.15, -0.1) is 0 Å². The van der Waals surface area contributed by atoms with Gasteiger partial charge < -0.3 is 4.90 Å². The second-order valence-electron chi connectivity index (χ2n) is 6.15. The van der Waals surface area contributed by atoms with Crippen LogP contribution in [0.3, 0.4) is 0 Å². The van der Waals surface area contributed by atoms with E-state index in [0.717, 1.165) is 56.6 Å². The molecular weight excluding hydrogens is 294 g/mol. The second-order valence-corrected chi connectivity index (χ2v) is 7.03. The summed E-state index contributed by atoms with van der Waals surface area (Å²) in [5.74, 6) is 0.143. The number of nitrogens with zero attached hydrogens (tertiary/aromatic N) is 2. The van der Waals surface area contributed by atoms with E-state index in [1.165, 1.54) is 11.8 Å². The van der Waals surface area contributed by atoms with Crippen LogP contribution in [0.5, 0.6) is 0 Å². The van der Waals surface area contributed by atoms with E-state index >= 15 is 0 Å². The maximum Gasteiger partial charge on any atom is 0.250 e. The first kappa shape index (κ1) is 15.6. The average Bonchev–Trinajstić information content (AvgIpc) is 2.93. The summed E-state index contributed by atoms with van der Waals surface area (Å²) in [7, 11) is 0. The summed E-state index contributed by atoms with van der Waals surface area (Å²) in [4.78, 5) is 17.1. The molecule has 4 nitrogen and oxygen atoms in total. The molecule has 0 aromatic heterocycles. The van der Waals surface area contributed by atoms with Gasteiger partial charge in [0, 0.05) is 37.8 Å². The summed E-state index contributed by atoms with van der Waals surface area (Å²) in [6.45, 7) is 5.86. The number of nitrogens with one attached hydrogen (secondary N) is 1. The molecule has 118 valence electrons. The topological polar surface area (TPSA) is 47.4 Å². The number of amides is 1. The molecule has 2 aliphatic heterocycles. The number of hydrogen-bond donors (Lipinski definition) is 1. The minimum absolute atomic E-state index is 0.143. The van der Waals surface area contributed by atoms with Crippen LogP contribution in [0.25, 0.3) is 0 Å². The predicted octanol–water partition coefficient (Wildman–Crippen LogP) is 2.79. The third kappa shape index (κ3) is 3.36. The second kappa shape index (κ2) is 6.84. The molecule has 22 heavy (non-hydrogen) atoms. The highest BCUT2D eigenvalue weighted by Crippen LogP contribution is 2.24. The maximum atomic E-state index is 12.6. The number of rotatable bonds is 3. The van der Waals surface area contributed by atoms with Crippen LogP contribution in [0.4, 0.5) is 0 Å². The van der Waals surface area contributed by atoms with Crippen LogP contribution in [0.2, 0.25) is 0 Å². The number of carbonyl (C=O) groups excluding carboxylic acids is 1. The minimum atomic E-state index is 0.143. The number of thioether (sulfide) groups is 1. The number of carbonyl (C=O) groups is 1. The zero-order chi connectivity index (χ0) is 15.5. The summed E-state index contributed by atoms with van der Waals surface area (Å²) >= 11 is 1.36. The zero-order valence-electron chi connectivity index (χ0n) is 13.0. The maximum absolute atomic E-state index is 12.6. The lowest BCUT2D eigenvalue weighted by Crippen LogP contribution is -2.49. The first-order chi connectivity index (χ1) is 10.6. The van der Waals surface area contributed by atoms with Crippen molar-refractivity contribution in [1.82, 2.24) is 9.80 Å². The van der Waals surface area contributed by atoms with Gasteiger partial charge in [-0.25, -0.2) is 0 Å². The Balaban J connectivity index is 1.59. The van der Waals surface area contributed by atoms with Gasteiger partial charge in [0.15, 0.2) is 0 Å². The van der Waals surface area contributed by atoms with Crippen molar-refractivity contribution in [3.8, 4) is 0 Å². The van der Waals surface area contributed by atoms with Crippen LogP contribution < -0.4 is 0 Å². The van der Waals surface area contributed by atoms with Gasteiger partial charge in [-0.3, -0.25) is 15.1 Å². The first-order valence-corrected chi connectivity index (χ1v) is 8.84. The fourth-order valence-electron chi connectivity index (χ4n) is 3.26. The van der Waals surface area contributed by atoms with Gasteiger partial charge in [-0.1, -0.05) is 30.0 Å². The highest BCUT2D eigenvalue weighted by atomic mass is 32.2. The fraction of sp³-hybridized carbons (Fsp3) is 0.529. The summed E-state index contributed by atoms with van der Waals surface area (Å²) in [5, 5.41) is 10.5. The van der Waals surface area contributed by atoms with E-state index in [1.54, 1.807) is 0 Å². The van der Waals surface area contributed by atoms with Crippen LogP contribution in [-0.2, 0) is 4.79 Å². The lowest BCUT2D eigenvalue weighted by molar-refractivity contribution is -0.130. The van der Waals surface area contributed by atoms with Crippen molar-refractivity contribution in [2.24, 2.45) is 0 Å². The van der Waals surface area contributed by atoms with Gasteiger partial charge in [-0.2, -0.15) is 0 Å². The Kier molecular flexibility index (Phi) is 4.84. The van der Waals surface area contributed by atoms with E-state index < -0.39 is 0 Å². The highest BCUT2D eigenvalue weighted by Gasteiger charge is 2.35. The largest absolute Gasteiger partial charge is 0.333 e. The van der Waals surface area contributed by atoms with Crippen molar-refractivity contribution in [2.75, 3.05) is 26.2 Å². The van der Waals surface area contributed by atoms with Crippen molar-refractivity contribution >= 4 is 22.7 Å². The van der Waals surface area contributed by atoms with E-state index in [-0.39, 0.29) is 5.91 Å². The van der Waals surface area contributed by atoms with Crippen molar-refractivity contribution < 1.29 is 4.79 Å². The van der Waals surface area contributed by atoms with Crippen LogP contribution in [0, 0.1) is 5.41 Å². The van der Waals surface area contributed by atoms with Gasteiger partial charge in [-0.05, 0) is 37.2 Å². The summed E-state index contributed by atoms with van der Waals surface area (Å²) in [6, 6.07) is 0.389. The van der Waals surface area contributed by atoms with E-state index in [4.69, 9.17) is 5.41 Å².